The molecule has 0 aromatic heterocycles. The fourth-order valence-corrected chi connectivity index (χ4v) is 0. The standard InChI is InChI=1S/H3O4P.O.Zr/c1-5(2,3)4;;/h(H3,1,2,3,4);;/q;;+3/p-3. The summed E-state index contributed by atoms with van der Waals surface area (Å²) in [5.74, 6) is 0. The maximum absolute atomic E-state index is 8.55. The van der Waals surface area contributed by atoms with Gasteiger partial charge in [-0.1, -0.05) is 0 Å². The zero-order valence-electron chi connectivity index (χ0n) is 2.99. The van der Waals surface area contributed by atoms with Crippen LogP contribution in [0.2, 0.25) is 0 Å². The summed E-state index contributed by atoms with van der Waals surface area (Å²) in [6.07, 6.45) is 0. The van der Waals surface area contributed by atoms with Crippen LogP contribution in [0.5, 0.6) is 0 Å². The summed E-state index contributed by atoms with van der Waals surface area (Å²) >= 11 is 0.300. The predicted molar refractivity (Wildman–Crippen MR) is 8.29 cm³/mol. The van der Waals surface area contributed by atoms with Crippen molar-refractivity contribution < 1.29 is 46.8 Å². The Bertz CT molecular complexity index is 63.9. The molecule has 0 saturated carbocycles. The quantitative estimate of drug-likeness (QED) is 0.391. The molecule has 5 nitrogen and oxygen atoms in total. The molecule has 0 radical (unpaired) electrons. The number of phosphoric acid groups is 1. The molecule has 0 saturated heterocycles. The first-order chi connectivity index (χ1) is 3.00. The van der Waals surface area contributed by atoms with Gasteiger partial charge in [-0.25, -0.2) is 0 Å². The molecule has 0 aliphatic heterocycles. The second-order valence-electron chi connectivity index (χ2n) is 0.447. The Hall–Kier alpha value is 0.793. The maximum atomic E-state index is 8.55. The minimum atomic E-state index is -5.39. The van der Waals surface area contributed by atoms with Gasteiger partial charge in [0.2, 0.25) is 0 Å². The molecule has 0 unspecified atom stereocenters. The van der Waals surface area contributed by atoms with Crippen molar-refractivity contribution in [2.45, 2.75) is 0 Å². The summed E-state index contributed by atoms with van der Waals surface area (Å²) < 4.78 is 16.9. The third-order valence-corrected chi connectivity index (χ3v) is 0. The predicted octanol–water partition coefficient (Wildman–Crippen LogP) is -2.95. The van der Waals surface area contributed by atoms with E-state index in [2.05, 4.69) is 0 Å². The summed E-state index contributed by atoms with van der Waals surface area (Å²) in [4.78, 5) is 25.6. The Kier molecular flexibility index (Phi) is 7.56. The Labute approximate surface area is 54.9 Å². The molecule has 0 rings (SSSR count). The Morgan fingerprint density at radius 2 is 1.14 bits per heavy atom. The van der Waals surface area contributed by atoms with Gasteiger partial charge in [0, 0.05) is 0 Å². The van der Waals surface area contributed by atoms with Crippen molar-refractivity contribution >= 4 is 7.82 Å². The van der Waals surface area contributed by atoms with Gasteiger partial charge in [-0.2, -0.15) is 7.82 Å². The molecule has 0 aromatic rings. The zero-order chi connectivity index (χ0) is 6.50. The van der Waals surface area contributed by atoms with Crippen LogP contribution in [0.3, 0.4) is 0 Å². The Morgan fingerprint density at radius 3 is 1.14 bits per heavy atom. The first-order valence-electron chi connectivity index (χ1n) is 0.934. The van der Waals surface area contributed by atoms with E-state index >= 15 is 0 Å². The Morgan fingerprint density at radius 1 is 1.14 bits per heavy atom. The molecular weight excluding hydrogens is 202 g/mol. The van der Waals surface area contributed by atoms with Crippen LogP contribution in [0.25, 0.3) is 0 Å². The second kappa shape index (κ2) is 4.94. The normalized spacial score (nSPS) is 9.29. The summed E-state index contributed by atoms with van der Waals surface area (Å²) in [5.41, 5.74) is 0. The van der Waals surface area contributed by atoms with Crippen LogP contribution in [0.15, 0.2) is 0 Å². The molecule has 0 spiro atoms. The van der Waals surface area contributed by atoms with Crippen LogP contribution in [0, 0.1) is 0 Å². The van der Waals surface area contributed by atoms with Crippen molar-refractivity contribution in [2.24, 2.45) is 0 Å². The van der Waals surface area contributed by atoms with Crippen molar-refractivity contribution in [3.05, 3.63) is 0 Å². The van der Waals surface area contributed by atoms with Crippen LogP contribution >= 0.6 is 7.82 Å². The van der Waals surface area contributed by atoms with Crippen molar-refractivity contribution in [3.8, 4) is 0 Å². The molecule has 0 aliphatic carbocycles. The molecule has 0 aliphatic rings. The van der Waals surface area contributed by atoms with E-state index in [9.17, 15) is 0 Å². The molecule has 7 heteroatoms. The number of hydrogen-bond donors (Lipinski definition) is 0. The molecule has 0 N–H and O–H groups in total. The third kappa shape index (κ3) is 248. The van der Waals surface area contributed by atoms with Crippen molar-refractivity contribution in [1.29, 1.82) is 0 Å². The first kappa shape index (κ1) is 10.7. The summed E-state index contributed by atoms with van der Waals surface area (Å²) in [6.45, 7) is 0. The molecule has 0 amide bonds. The van der Waals surface area contributed by atoms with E-state index in [4.69, 9.17) is 22.1 Å². The molecule has 0 heterocycles. The van der Waals surface area contributed by atoms with E-state index in [1.807, 2.05) is 0 Å². The molecular formula is O5PZr. The van der Waals surface area contributed by atoms with Gasteiger partial charge in [-0.3, -0.25) is 0 Å². The van der Waals surface area contributed by atoms with Gasteiger partial charge in [0.05, 0.1) is 0 Å². The molecule has 0 aromatic carbocycles. The van der Waals surface area contributed by atoms with Gasteiger partial charge >= 0.3 is 27.5 Å². The molecule has 0 bridgehead atoms. The van der Waals surface area contributed by atoms with Gasteiger partial charge in [0.25, 0.3) is 0 Å². The van der Waals surface area contributed by atoms with E-state index in [0.717, 1.165) is 0 Å². The van der Waals surface area contributed by atoms with Gasteiger partial charge in [0.15, 0.2) is 0 Å². The van der Waals surface area contributed by atoms with Crippen LogP contribution < -0.4 is 14.7 Å². The average molecular weight is 202 g/mol. The number of rotatable bonds is 0. The van der Waals surface area contributed by atoms with Crippen molar-refractivity contribution in [3.63, 3.8) is 0 Å². The van der Waals surface area contributed by atoms with Crippen LogP contribution in [-0.4, -0.2) is 0 Å². The second-order valence-corrected chi connectivity index (χ2v) is 1.34. The average Bonchev–Trinajstić information content (AvgIpc) is 1.36. The molecule has 0 atom stereocenters. The zero-order valence-corrected chi connectivity index (χ0v) is 6.34. The van der Waals surface area contributed by atoms with E-state index in [1.54, 1.807) is 0 Å². The van der Waals surface area contributed by atoms with Crippen LogP contribution in [-0.2, 0) is 32.1 Å². The molecule has 39 valence electrons. The van der Waals surface area contributed by atoms with E-state index in [0.29, 0.717) is 24.7 Å². The minimum absolute atomic E-state index is 0.300. The third-order valence-electron chi connectivity index (χ3n) is 0. The SMILES string of the molecule is O=P([O-])([O-])[O-].[O]=[Zr+3]. The fourth-order valence-electron chi connectivity index (χ4n) is 0. The van der Waals surface area contributed by atoms with Crippen LogP contribution in [0.4, 0.5) is 0 Å². The van der Waals surface area contributed by atoms with Gasteiger partial charge < -0.3 is 19.2 Å². The monoisotopic (exact) mass is 201 g/mol. The fraction of sp³-hybridized carbons (Fsp3) is 0. The molecule has 0 fully saturated rings. The Balaban J connectivity index is 0. The first-order valence-corrected chi connectivity index (χ1v) is 3.40. The van der Waals surface area contributed by atoms with Gasteiger partial charge in [-0.05, 0) is 0 Å². The summed E-state index contributed by atoms with van der Waals surface area (Å²) in [7, 11) is -5.39. The number of hydrogen-bond acceptors (Lipinski definition) is 5. The summed E-state index contributed by atoms with van der Waals surface area (Å²) in [6, 6.07) is 0. The van der Waals surface area contributed by atoms with E-state index < -0.39 is 7.82 Å². The van der Waals surface area contributed by atoms with Crippen molar-refractivity contribution in [1.82, 2.24) is 0 Å². The topological polar surface area (TPSA) is 103 Å². The summed E-state index contributed by atoms with van der Waals surface area (Å²) in [5, 5.41) is 0. The van der Waals surface area contributed by atoms with Crippen LogP contribution in [0.1, 0.15) is 0 Å². The van der Waals surface area contributed by atoms with Crippen molar-refractivity contribution in [2.75, 3.05) is 0 Å². The molecule has 7 heavy (non-hydrogen) atoms. The van der Waals surface area contributed by atoms with Gasteiger partial charge in [-0.15, -0.1) is 0 Å². The van der Waals surface area contributed by atoms with E-state index in [1.165, 1.54) is 0 Å². The van der Waals surface area contributed by atoms with Gasteiger partial charge in [0.1, 0.15) is 0 Å². The van der Waals surface area contributed by atoms with E-state index in [-0.39, 0.29) is 0 Å².